The van der Waals surface area contributed by atoms with Crippen LogP contribution in [0.4, 0.5) is 4.79 Å². The molecular formula is C20H32N4O5S. The highest BCUT2D eigenvalue weighted by Gasteiger charge is 2.32. The van der Waals surface area contributed by atoms with Gasteiger partial charge in [-0.3, -0.25) is 4.90 Å². The van der Waals surface area contributed by atoms with Gasteiger partial charge in [0.15, 0.2) is 0 Å². The Hall–Kier alpha value is -1.88. The predicted molar refractivity (Wildman–Crippen MR) is 114 cm³/mol. The summed E-state index contributed by atoms with van der Waals surface area (Å²) in [5.74, 6) is 0.761. The predicted octanol–water partition coefficient (Wildman–Crippen LogP) is 1.44. The number of hydrogen-bond donors (Lipinski definition) is 1. The highest BCUT2D eigenvalue weighted by molar-refractivity contribution is 7.87. The van der Waals surface area contributed by atoms with E-state index >= 15 is 0 Å². The number of ether oxygens (including phenoxy) is 2. The number of amides is 1. The van der Waals surface area contributed by atoms with Crippen molar-refractivity contribution in [3.8, 4) is 5.75 Å². The van der Waals surface area contributed by atoms with Crippen LogP contribution in [0.3, 0.4) is 0 Å². The lowest BCUT2D eigenvalue weighted by Crippen LogP contribution is -2.54. The summed E-state index contributed by atoms with van der Waals surface area (Å²) in [6.45, 7) is 5.32. The fraction of sp³-hybridized carbons (Fsp3) is 0.650. The summed E-state index contributed by atoms with van der Waals surface area (Å²) < 4.78 is 40.6. The van der Waals surface area contributed by atoms with E-state index in [-0.39, 0.29) is 25.7 Å². The van der Waals surface area contributed by atoms with E-state index in [4.69, 9.17) is 9.47 Å². The lowest BCUT2D eigenvalue weighted by molar-refractivity contribution is 0.0931. The minimum atomic E-state index is -3.66. The second-order valence-corrected chi connectivity index (χ2v) is 9.19. The van der Waals surface area contributed by atoms with Gasteiger partial charge in [-0.05, 0) is 38.9 Å². The van der Waals surface area contributed by atoms with Crippen LogP contribution in [0.5, 0.6) is 5.75 Å². The minimum Gasteiger partial charge on any atom is -0.496 e. The van der Waals surface area contributed by atoms with Crippen LogP contribution in [0.15, 0.2) is 24.3 Å². The summed E-state index contributed by atoms with van der Waals surface area (Å²) >= 11 is 0. The monoisotopic (exact) mass is 440 g/mol. The fourth-order valence-electron chi connectivity index (χ4n) is 4.03. The fourth-order valence-corrected chi connectivity index (χ4v) is 5.23. The number of carbonyl (C=O) groups is 1. The van der Waals surface area contributed by atoms with E-state index in [1.165, 1.54) is 9.21 Å². The van der Waals surface area contributed by atoms with E-state index in [0.29, 0.717) is 19.7 Å². The van der Waals surface area contributed by atoms with Crippen molar-refractivity contribution in [3.63, 3.8) is 0 Å². The minimum absolute atomic E-state index is 0.0979. The molecular weight excluding hydrogens is 408 g/mol. The summed E-state index contributed by atoms with van der Waals surface area (Å²) in [7, 11) is -2.03. The first-order chi connectivity index (χ1) is 14.5. The Balaban J connectivity index is 1.65. The first kappa shape index (κ1) is 22.8. The molecule has 9 nitrogen and oxygen atoms in total. The number of piperazine rings is 1. The third-order valence-corrected chi connectivity index (χ3v) is 7.22. The van der Waals surface area contributed by atoms with Crippen LogP contribution in [0, 0.1) is 0 Å². The molecule has 2 fully saturated rings. The molecule has 2 heterocycles. The molecule has 2 saturated heterocycles. The Kier molecular flexibility index (Phi) is 7.93. The van der Waals surface area contributed by atoms with Crippen LogP contribution in [-0.4, -0.2) is 88.1 Å². The maximum atomic E-state index is 12.9. The average molecular weight is 441 g/mol. The zero-order chi connectivity index (χ0) is 21.6. The molecule has 0 radical (unpaired) electrons. The van der Waals surface area contributed by atoms with Crippen molar-refractivity contribution in [1.29, 1.82) is 0 Å². The van der Waals surface area contributed by atoms with Crippen molar-refractivity contribution in [3.05, 3.63) is 29.8 Å². The lowest BCUT2D eigenvalue weighted by Gasteiger charge is -2.34. The van der Waals surface area contributed by atoms with Crippen LogP contribution in [0.25, 0.3) is 0 Å². The number of nitrogens with zero attached hydrogens (tertiary/aromatic N) is 3. The molecule has 168 valence electrons. The number of nitrogens with one attached hydrogen (secondary N) is 1. The Morgan fingerprint density at radius 1 is 1.10 bits per heavy atom. The van der Waals surface area contributed by atoms with E-state index in [1.807, 2.05) is 24.3 Å². The van der Waals surface area contributed by atoms with Gasteiger partial charge >= 0.3 is 6.09 Å². The summed E-state index contributed by atoms with van der Waals surface area (Å²) in [5, 5.41) is 0. The Morgan fingerprint density at radius 3 is 2.40 bits per heavy atom. The first-order valence-corrected chi connectivity index (χ1v) is 11.9. The molecule has 2 aliphatic rings. The van der Waals surface area contributed by atoms with Crippen LogP contribution >= 0.6 is 0 Å². The summed E-state index contributed by atoms with van der Waals surface area (Å²) in [6, 6.07) is 7.66. The van der Waals surface area contributed by atoms with Crippen molar-refractivity contribution in [2.75, 3.05) is 59.5 Å². The zero-order valence-electron chi connectivity index (χ0n) is 17.7. The van der Waals surface area contributed by atoms with Gasteiger partial charge in [-0.15, -0.1) is 0 Å². The van der Waals surface area contributed by atoms with Crippen molar-refractivity contribution >= 4 is 16.3 Å². The topological polar surface area (TPSA) is 91.4 Å². The SMILES string of the molecule is CCOC(=O)N1CCN(S(=O)(=O)NCC(c2ccccc2OC)N2CCCC2)CC1. The molecule has 0 saturated carbocycles. The van der Waals surface area contributed by atoms with Gasteiger partial charge in [0, 0.05) is 38.3 Å². The van der Waals surface area contributed by atoms with Gasteiger partial charge in [-0.25, -0.2) is 9.52 Å². The number of methoxy groups -OCH3 is 1. The highest BCUT2D eigenvalue weighted by atomic mass is 32.2. The van der Waals surface area contributed by atoms with E-state index in [1.54, 1.807) is 14.0 Å². The van der Waals surface area contributed by atoms with Crippen molar-refractivity contribution in [2.45, 2.75) is 25.8 Å². The third-order valence-electron chi connectivity index (χ3n) is 5.64. The maximum Gasteiger partial charge on any atom is 0.409 e. The van der Waals surface area contributed by atoms with Gasteiger partial charge in [0.05, 0.1) is 19.8 Å². The molecule has 10 heteroatoms. The molecule has 2 aliphatic heterocycles. The van der Waals surface area contributed by atoms with Crippen molar-refractivity contribution in [2.24, 2.45) is 0 Å². The Labute approximate surface area is 179 Å². The first-order valence-electron chi connectivity index (χ1n) is 10.5. The quantitative estimate of drug-likeness (QED) is 0.658. The molecule has 1 atom stereocenters. The van der Waals surface area contributed by atoms with E-state index < -0.39 is 16.3 Å². The Morgan fingerprint density at radius 2 is 1.77 bits per heavy atom. The number of carbonyl (C=O) groups excluding carboxylic acids is 1. The van der Waals surface area contributed by atoms with Gasteiger partial charge in [0.2, 0.25) is 0 Å². The third kappa shape index (κ3) is 5.42. The zero-order valence-corrected chi connectivity index (χ0v) is 18.6. The van der Waals surface area contributed by atoms with Gasteiger partial charge in [0.1, 0.15) is 5.75 Å². The largest absolute Gasteiger partial charge is 0.496 e. The van der Waals surface area contributed by atoms with Crippen LogP contribution in [0.1, 0.15) is 31.4 Å². The molecule has 3 rings (SSSR count). The summed E-state index contributed by atoms with van der Waals surface area (Å²) in [4.78, 5) is 15.7. The molecule has 0 aliphatic carbocycles. The Bertz CT molecular complexity index is 805. The molecule has 1 aromatic rings. The molecule has 0 spiro atoms. The molecule has 1 aromatic carbocycles. The van der Waals surface area contributed by atoms with Crippen LogP contribution in [-0.2, 0) is 14.9 Å². The van der Waals surface area contributed by atoms with E-state index in [9.17, 15) is 13.2 Å². The molecule has 1 amide bonds. The standard InChI is InChI=1S/C20H32N4O5S/c1-3-29-20(25)23-12-14-24(15-13-23)30(26,27)21-16-18(22-10-6-7-11-22)17-8-4-5-9-19(17)28-2/h4-5,8-9,18,21H,3,6-7,10-16H2,1-2H3. The van der Waals surface area contributed by atoms with Crippen LogP contribution in [0.2, 0.25) is 0 Å². The molecule has 0 bridgehead atoms. The molecule has 1 N–H and O–H groups in total. The van der Waals surface area contributed by atoms with Crippen molar-refractivity contribution in [1.82, 2.24) is 18.8 Å². The second kappa shape index (κ2) is 10.4. The van der Waals surface area contributed by atoms with E-state index in [0.717, 1.165) is 37.2 Å². The second-order valence-electron chi connectivity index (χ2n) is 7.44. The van der Waals surface area contributed by atoms with Gasteiger partial charge in [-0.2, -0.15) is 12.7 Å². The molecule has 1 unspecified atom stereocenters. The summed E-state index contributed by atoms with van der Waals surface area (Å²) in [6.07, 6.45) is 1.82. The normalized spacial score (nSPS) is 19.6. The summed E-state index contributed by atoms with van der Waals surface area (Å²) in [5.41, 5.74) is 0.983. The molecule has 0 aromatic heterocycles. The van der Waals surface area contributed by atoms with Crippen molar-refractivity contribution < 1.29 is 22.7 Å². The van der Waals surface area contributed by atoms with Gasteiger partial charge < -0.3 is 14.4 Å². The number of rotatable bonds is 8. The van der Waals surface area contributed by atoms with Gasteiger partial charge in [0.25, 0.3) is 10.2 Å². The highest BCUT2D eigenvalue weighted by Crippen LogP contribution is 2.31. The number of para-hydroxylation sites is 1. The lowest BCUT2D eigenvalue weighted by atomic mass is 10.0. The number of benzene rings is 1. The number of likely N-dealkylation sites (tertiary alicyclic amines) is 1. The molecule has 30 heavy (non-hydrogen) atoms. The van der Waals surface area contributed by atoms with Crippen LogP contribution < -0.4 is 9.46 Å². The van der Waals surface area contributed by atoms with Gasteiger partial charge in [-0.1, -0.05) is 18.2 Å². The smallest absolute Gasteiger partial charge is 0.409 e. The average Bonchev–Trinajstić information content (AvgIpc) is 3.29. The van der Waals surface area contributed by atoms with E-state index in [2.05, 4.69) is 9.62 Å². The number of hydrogen-bond acceptors (Lipinski definition) is 6. The maximum absolute atomic E-state index is 12.9.